The molecule has 0 spiro atoms. The second-order valence-electron chi connectivity index (χ2n) is 10.1. The number of anilines is 1. The van der Waals surface area contributed by atoms with Gasteiger partial charge in [0, 0.05) is 24.1 Å². The second-order valence-corrected chi connectivity index (χ2v) is 17.6. The quantitative estimate of drug-likeness (QED) is 0.338. The third kappa shape index (κ3) is 5.41. The zero-order valence-electron chi connectivity index (χ0n) is 21.1. The van der Waals surface area contributed by atoms with E-state index in [-0.39, 0.29) is 28.7 Å². The number of pyridine rings is 1. The number of nitrogens with one attached hydrogen (secondary N) is 2. The first kappa shape index (κ1) is 26.1. The molecule has 184 valence electrons. The van der Waals surface area contributed by atoms with Gasteiger partial charge in [-0.1, -0.05) is 47.5 Å². The van der Waals surface area contributed by atoms with E-state index in [1.807, 2.05) is 0 Å². The monoisotopic (exact) mass is 501 g/mol. The number of amides is 2. The van der Waals surface area contributed by atoms with Crippen LogP contribution in [0.25, 0.3) is 11.0 Å². The average molecular weight is 502 g/mol. The Morgan fingerprint density at radius 1 is 1.09 bits per heavy atom. The van der Waals surface area contributed by atoms with E-state index in [2.05, 4.69) is 78.6 Å². The van der Waals surface area contributed by atoms with Crippen molar-refractivity contribution >= 4 is 40.8 Å². The van der Waals surface area contributed by atoms with Crippen molar-refractivity contribution < 1.29 is 13.2 Å². The van der Waals surface area contributed by atoms with Gasteiger partial charge in [-0.15, -0.1) is 5.54 Å². The molecule has 0 saturated heterocycles. The van der Waals surface area contributed by atoms with Gasteiger partial charge in [0.05, 0.1) is 5.39 Å². The summed E-state index contributed by atoms with van der Waals surface area (Å²) >= 11 is 0. The number of hydrogen-bond donors (Lipinski definition) is 2. The molecule has 10 heteroatoms. The molecule has 2 aromatic heterocycles. The molecule has 0 unspecified atom stereocenters. The first-order chi connectivity index (χ1) is 15.8. The highest BCUT2D eigenvalue weighted by Crippen LogP contribution is 2.41. The topological polar surface area (TPSA) is 114 Å². The van der Waals surface area contributed by atoms with E-state index in [1.54, 1.807) is 6.07 Å². The van der Waals surface area contributed by atoms with Gasteiger partial charge in [-0.25, -0.2) is 23.2 Å². The van der Waals surface area contributed by atoms with E-state index in [1.165, 1.54) is 6.20 Å². The van der Waals surface area contributed by atoms with Gasteiger partial charge in [0.2, 0.25) is 15.0 Å². The summed E-state index contributed by atoms with van der Waals surface area (Å²) in [6.45, 7) is 13.4. The second kappa shape index (κ2) is 10.00. The average Bonchev–Trinajstić information content (AvgIpc) is 2.69. The predicted octanol–water partition coefficient (Wildman–Crippen LogP) is 4.67. The summed E-state index contributed by atoms with van der Waals surface area (Å²) < 4.78 is 24.0. The van der Waals surface area contributed by atoms with Crippen LogP contribution in [-0.2, 0) is 9.84 Å². The number of hydrogen-bond acceptors (Lipinski definition) is 6. The zero-order chi connectivity index (χ0) is 25.3. The van der Waals surface area contributed by atoms with Crippen LogP contribution in [0.5, 0.6) is 0 Å². The number of carbonyl (C=O) groups is 1. The number of fused-ring (bicyclic) bond motifs is 1. The van der Waals surface area contributed by atoms with Crippen molar-refractivity contribution in [3.8, 4) is 11.5 Å². The molecule has 34 heavy (non-hydrogen) atoms. The Morgan fingerprint density at radius 3 is 2.21 bits per heavy atom. The number of rotatable bonds is 6. The summed E-state index contributed by atoms with van der Waals surface area (Å²) in [5, 5.41) is 5.94. The van der Waals surface area contributed by atoms with Crippen molar-refractivity contribution in [3.63, 3.8) is 0 Å². The lowest BCUT2D eigenvalue weighted by atomic mass is 9.93. The Balaban J connectivity index is 2.13. The van der Waals surface area contributed by atoms with Crippen molar-refractivity contribution in [1.82, 2.24) is 20.3 Å². The molecule has 8 nitrogen and oxygen atoms in total. The molecule has 2 amide bonds. The smallest absolute Gasteiger partial charge is 0.320 e. The Hall–Kier alpha value is -2.51. The van der Waals surface area contributed by atoms with Crippen molar-refractivity contribution in [1.29, 1.82) is 0 Å². The normalized spacial score (nSPS) is 14.8. The van der Waals surface area contributed by atoms with E-state index < -0.39 is 17.9 Å². The standard InChI is InChI=1S/C24H35N5O3SSi/c1-15(2)34(16(3)4,17(5)6)12-11-18-13-21(28-23(30)26-19-9-8-10-19)27-22-20(18)14-25-24(29-22)33(7,31)32/h13-17,19H,8-10H2,1-7H3,(H2,25,26,27,28,29,30). The van der Waals surface area contributed by atoms with Crippen molar-refractivity contribution in [2.24, 2.45) is 0 Å². The number of urea groups is 1. The van der Waals surface area contributed by atoms with Gasteiger partial charge >= 0.3 is 6.03 Å². The minimum atomic E-state index is -3.62. The highest BCUT2D eigenvalue weighted by molar-refractivity contribution is 7.90. The van der Waals surface area contributed by atoms with Gasteiger partial charge in [-0.3, -0.25) is 5.32 Å². The predicted molar refractivity (Wildman–Crippen MR) is 138 cm³/mol. The highest BCUT2D eigenvalue weighted by Gasteiger charge is 2.41. The molecular weight excluding hydrogens is 466 g/mol. The third-order valence-electron chi connectivity index (χ3n) is 6.84. The minimum Gasteiger partial charge on any atom is -0.335 e. The van der Waals surface area contributed by atoms with E-state index in [4.69, 9.17) is 0 Å². The highest BCUT2D eigenvalue weighted by atomic mass is 32.2. The van der Waals surface area contributed by atoms with E-state index in [0.29, 0.717) is 27.6 Å². The molecular formula is C24H35N5O3SSi. The van der Waals surface area contributed by atoms with Gasteiger partial charge in [-0.05, 0) is 42.0 Å². The van der Waals surface area contributed by atoms with Crippen LogP contribution in [0.1, 0.15) is 66.4 Å². The molecule has 0 atom stereocenters. The maximum atomic E-state index is 12.5. The number of sulfone groups is 1. The summed E-state index contributed by atoms with van der Waals surface area (Å²) in [6, 6.07) is 1.55. The van der Waals surface area contributed by atoms with Crippen LogP contribution in [0.3, 0.4) is 0 Å². The van der Waals surface area contributed by atoms with Crippen LogP contribution in [0, 0.1) is 11.5 Å². The third-order valence-corrected chi connectivity index (χ3v) is 14.0. The molecule has 0 bridgehead atoms. The van der Waals surface area contributed by atoms with Crippen LogP contribution in [0.4, 0.5) is 10.6 Å². The Morgan fingerprint density at radius 2 is 1.71 bits per heavy atom. The molecule has 2 N–H and O–H groups in total. The van der Waals surface area contributed by atoms with Gasteiger partial charge in [0.15, 0.2) is 5.65 Å². The zero-order valence-corrected chi connectivity index (χ0v) is 22.9. The molecule has 0 radical (unpaired) electrons. The van der Waals surface area contributed by atoms with Gasteiger partial charge < -0.3 is 5.32 Å². The summed E-state index contributed by atoms with van der Waals surface area (Å²) in [7, 11) is -5.64. The van der Waals surface area contributed by atoms with Crippen molar-refractivity contribution in [3.05, 3.63) is 17.8 Å². The number of carbonyl (C=O) groups excluding carboxylic acids is 1. The van der Waals surface area contributed by atoms with Gasteiger partial charge in [0.1, 0.15) is 13.9 Å². The fraction of sp³-hybridized carbons (Fsp3) is 0.583. The van der Waals surface area contributed by atoms with Crippen molar-refractivity contribution in [2.45, 2.75) is 88.6 Å². The molecule has 0 aliphatic heterocycles. The Labute approximate surface area is 203 Å². The Bertz CT molecular complexity index is 1220. The SMILES string of the molecule is CC(C)[Si](C#Cc1cc(NC(=O)NC2CCC2)nc2nc(S(C)(=O)=O)ncc12)(C(C)C)C(C)C. The van der Waals surface area contributed by atoms with Crippen LogP contribution >= 0.6 is 0 Å². The molecule has 2 aromatic rings. The fourth-order valence-corrected chi connectivity index (χ4v) is 10.6. The van der Waals surface area contributed by atoms with Crippen LogP contribution < -0.4 is 10.6 Å². The summed E-state index contributed by atoms with van der Waals surface area (Å²) in [4.78, 5) is 25.1. The van der Waals surface area contributed by atoms with E-state index in [9.17, 15) is 13.2 Å². The molecule has 2 heterocycles. The summed E-state index contributed by atoms with van der Waals surface area (Å²) in [5.74, 6) is 3.65. The van der Waals surface area contributed by atoms with Crippen LogP contribution in [0.2, 0.25) is 16.6 Å². The number of nitrogens with zero attached hydrogens (tertiary/aromatic N) is 3. The van der Waals surface area contributed by atoms with Crippen molar-refractivity contribution in [2.75, 3.05) is 11.6 Å². The molecule has 3 rings (SSSR count). The fourth-order valence-electron chi connectivity index (χ4n) is 4.84. The largest absolute Gasteiger partial charge is 0.335 e. The van der Waals surface area contributed by atoms with E-state index >= 15 is 0 Å². The molecule has 1 fully saturated rings. The molecule has 1 aliphatic carbocycles. The van der Waals surface area contributed by atoms with Crippen LogP contribution in [-0.4, -0.2) is 49.8 Å². The van der Waals surface area contributed by atoms with Gasteiger partial charge in [0.25, 0.3) is 0 Å². The summed E-state index contributed by atoms with van der Waals surface area (Å²) in [5.41, 5.74) is 5.84. The number of aromatic nitrogens is 3. The van der Waals surface area contributed by atoms with Gasteiger partial charge in [-0.2, -0.15) is 4.98 Å². The van der Waals surface area contributed by atoms with Crippen LogP contribution in [0.15, 0.2) is 17.4 Å². The molecule has 0 aromatic carbocycles. The maximum Gasteiger partial charge on any atom is 0.320 e. The molecule has 1 saturated carbocycles. The lowest BCUT2D eigenvalue weighted by Crippen LogP contribution is -2.43. The first-order valence-corrected chi connectivity index (χ1v) is 16.0. The maximum absolute atomic E-state index is 12.5. The Kier molecular flexibility index (Phi) is 7.68. The van der Waals surface area contributed by atoms with E-state index in [0.717, 1.165) is 25.5 Å². The lowest BCUT2D eigenvalue weighted by Gasteiger charge is -2.38. The lowest BCUT2D eigenvalue weighted by molar-refractivity contribution is 0.240. The summed E-state index contributed by atoms with van der Waals surface area (Å²) in [6.07, 6.45) is 5.55. The minimum absolute atomic E-state index is 0.175. The first-order valence-electron chi connectivity index (χ1n) is 11.8. The molecule has 1 aliphatic rings.